The Bertz CT molecular complexity index is 781. The van der Waals surface area contributed by atoms with Gasteiger partial charge in [-0.2, -0.15) is 0 Å². The highest BCUT2D eigenvalue weighted by atomic mass is 35.5. The molecule has 1 heterocycles. The van der Waals surface area contributed by atoms with Gasteiger partial charge in [0.05, 0.1) is 12.2 Å². The van der Waals surface area contributed by atoms with Crippen LogP contribution in [-0.4, -0.2) is 43.6 Å². The molecule has 2 amide bonds. The van der Waals surface area contributed by atoms with Crippen molar-refractivity contribution < 1.29 is 14.3 Å². The van der Waals surface area contributed by atoms with Gasteiger partial charge in [-0.05, 0) is 36.8 Å². The first kappa shape index (κ1) is 20.7. The Morgan fingerprint density at radius 2 is 2.00 bits per heavy atom. The van der Waals surface area contributed by atoms with Crippen molar-refractivity contribution in [2.24, 2.45) is 0 Å². The van der Waals surface area contributed by atoms with Gasteiger partial charge in [-0.1, -0.05) is 17.7 Å². The number of benzene rings is 1. The predicted octanol–water partition coefficient (Wildman–Crippen LogP) is 2.86. The van der Waals surface area contributed by atoms with E-state index in [1.807, 2.05) is 13.0 Å². The zero-order valence-corrected chi connectivity index (χ0v) is 16.1. The second-order valence-corrected chi connectivity index (χ2v) is 6.23. The van der Waals surface area contributed by atoms with E-state index in [1.165, 1.54) is 6.20 Å². The van der Waals surface area contributed by atoms with Crippen LogP contribution < -0.4 is 16.0 Å². The molecule has 0 bridgehead atoms. The number of rotatable bonds is 9. The smallest absolute Gasteiger partial charge is 0.252 e. The molecule has 0 atom stereocenters. The van der Waals surface area contributed by atoms with E-state index in [1.54, 1.807) is 31.4 Å². The molecule has 1 aromatic carbocycles. The molecule has 7 nitrogen and oxygen atoms in total. The van der Waals surface area contributed by atoms with Crippen molar-refractivity contribution in [3.05, 3.63) is 52.7 Å². The molecule has 2 rings (SSSR count). The number of nitrogens with one attached hydrogen (secondary N) is 3. The third-order valence-corrected chi connectivity index (χ3v) is 4.23. The van der Waals surface area contributed by atoms with E-state index >= 15 is 0 Å². The summed E-state index contributed by atoms with van der Waals surface area (Å²) in [5, 5.41) is 9.23. The van der Waals surface area contributed by atoms with Gasteiger partial charge in [0.25, 0.3) is 5.91 Å². The Kier molecular flexibility index (Phi) is 8.03. The highest BCUT2D eigenvalue weighted by molar-refractivity contribution is 6.31. The van der Waals surface area contributed by atoms with E-state index < -0.39 is 0 Å². The number of hydrogen-bond donors (Lipinski definition) is 3. The highest BCUT2D eigenvalue weighted by Gasteiger charge is 2.08. The Morgan fingerprint density at radius 3 is 2.70 bits per heavy atom. The molecule has 0 unspecified atom stereocenters. The highest BCUT2D eigenvalue weighted by Crippen LogP contribution is 2.22. The lowest BCUT2D eigenvalue weighted by Gasteiger charge is -2.10. The normalized spacial score (nSPS) is 10.3. The number of nitrogens with zero attached hydrogens (tertiary/aromatic N) is 1. The van der Waals surface area contributed by atoms with Crippen molar-refractivity contribution in [3.63, 3.8) is 0 Å². The second-order valence-electron chi connectivity index (χ2n) is 5.82. The zero-order chi connectivity index (χ0) is 19.6. The molecule has 0 aliphatic heterocycles. The van der Waals surface area contributed by atoms with Gasteiger partial charge in [0.2, 0.25) is 5.91 Å². The fourth-order valence-electron chi connectivity index (χ4n) is 2.26. The number of methoxy groups -OCH3 is 1. The Labute approximate surface area is 163 Å². The molecule has 0 radical (unpaired) electrons. The standard InChI is InChI=1S/C19H23ClN4O3/c1-13-15(20)4-3-5-16(13)24-18(25)8-9-21-17-7-6-14(12-23-17)19(26)22-10-11-27-2/h3-7,12H,8-11H2,1-2H3,(H,21,23)(H,22,26)(H,24,25). The average molecular weight is 391 g/mol. The third-order valence-electron chi connectivity index (χ3n) is 3.82. The molecule has 0 saturated heterocycles. The molecule has 0 aliphatic carbocycles. The summed E-state index contributed by atoms with van der Waals surface area (Å²) in [5.41, 5.74) is 2.00. The number of pyridine rings is 1. The minimum Gasteiger partial charge on any atom is -0.383 e. The quantitative estimate of drug-likeness (QED) is 0.572. The van der Waals surface area contributed by atoms with Crippen LogP contribution in [0.5, 0.6) is 0 Å². The lowest BCUT2D eigenvalue weighted by Crippen LogP contribution is -2.27. The van der Waals surface area contributed by atoms with Crippen LogP contribution in [0, 0.1) is 6.92 Å². The monoisotopic (exact) mass is 390 g/mol. The van der Waals surface area contributed by atoms with Gasteiger partial charge >= 0.3 is 0 Å². The van der Waals surface area contributed by atoms with E-state index in [2.05, 4.69) is 20.9 Å². The van der Waals surface area contributed by atoms with Crippen LogP contribution in [0.4, 0.5) is 11.5 Å². The number of carbonyl (C=O) groups is 2. The van der Waals surface area contributed by atoms with Gasteiger partial charge in [0.1, 0.15) is 5.82 Å². The molecular weight excluding hydrogens is 368 g/mol. The number of hydrogen-bond acceptors (Lipinski definition) is 5. The second kappa shape index (κ2) is 10.5. The Balaban J connectivity index is 1.77. The molecule has 1 aromatic heterocycles. The van der Waals surface area contributed by atoms with Crippen molar-refractivity contribution in [2.75, 3.05) is 37.4 Å². The largest absolute Gasteiger partial charge is 0.383 e. The van der Waals surface area contributed by atoms with Gasteiger partial charge in [0, 0.05) is 43.5 Å². The van der Waals surface area contributed by atoms with Crippen LogP contribution in [0.25, 0.3) is 0 Å². The molecule has 3 N–H and O–H groups in total. The van der Waals surface area contributed by atoms with Gasteiger partial charge < -0.3 is 20.7 Å². The molecule has 0 aliphatic rings. The topological polar surface area (TPSA) is 92.4 Å². The van der Waals surface area contributed by atoms with Crippen LogP contribution in [0.2, 0.25) is 5.02 Å². The van der Waals surface area contributed by atoms with E-state index in [9.17, 15) is 9.59 Å². The van der Waals surface area contributed by atoms with Crippen LogP contribution in [0.1, 0.15) is 22.3 Å². The van der Waals surface area contributed by atoms with Crippen molar-refractivity contribution in [1.29, 1.82) is 0 Å². The fraction of sp³-hybridized carbons (Fsp3) is 0.316. The first-order valence-corrected chi connectivity index (χ1v) is 8.91. The molecule has 0 saturated carbocycles. The summed E-state index contributed by atoms with van der Waals surface area (Å²) < 4.78 is 4.88. The summed E-state index contributed by atoms with van der Waals surface area (Å²) in [4.78, 5) is 28.1. The van der Waals surface area contributed by atoms with Crippen molar-refractivity contribution >= 4 is 34.9 Å². The van der Waals surface area contributed by atoms with Crippen molar-refractivity contribution in [1.82, 2.24) is 10.3 Å². The summed E-state index contributed by atoms with van der Waals surface area (Å²) in [6.07, 6.45) is 1.76. The molecule has 27 heavy (non-hydrogen) atoms. The van der Waals surface area contributed by atoms with E-state index in [4.69, 9.17) is 16.3 Å². The third kappa shape index (κ3) is 6.54. The van der Waals surface area contributed by atoms with Gasteiger partial charge in [-0.25, -0.2) is 4.98 Å². The molecular formula is C19H23ClN4O3. The molecule has 0 fully saturated rings. The van der Waals surface area contributed by atoms with Crippen LogP contribution in [0.15, 0.2) is 36.5 Å². The molecule has 2 aromatic rings. The molecule has 0 spiro atoms. The number of halogens is 1. The van der Waals surface area contributed by atoms with Gasteiger partial charge in [-0.3, -0.25) is 9.59 Å². The maximum Gasteiger partial charge on any atom is 0.252 e. The van der Waals surface area contributed by atoms with E-state index in [-0.39, 0.29) is 18.2 Å². The number of aromatic nitrogens is 1. The summed E-state index contributed by atoms with van der Waals surface area (Å²) in [6.45, 7) is 3.16. The molecule has 144 valence electrons. The van der Waals surface area contributed by atoms with Gasteiger partial charge in [0.15, 0.2) is 0 Å². The number of carbonyl (C=O) groups excluding carboxylic acids is 2. The fourth-order valence-corrected chi connectivity index (χ4v) is 2.44. The molecule has 8 heteroatoms. The summed E-state index contributed by atoms with van der Waals surface area (Å²) >= 11 is 6.05. The number of amides is 2. The van der Waals surface area contributed by atoms with Gasteiger partial charge in [-0.15, -0.1) is 0 Å². The van der Waals surface area contributed by atoms with E-state index in [0.29, 0.717) is 41.8 Å². The minimum absolute atomic E-state index is 0.123. The van der Waals surface area contributed by atoms with Crippen LogP contribution in [-0.2, 0) is 9.53 Å². The first-order chi connectivity index (χ1) is 13.0. The summed E-state index contributed by atoms with van der Waals surface area (Å²) in [5.74, 6) is 0.263. The average Bonchev–Trinajstić information content (AvgIpc) is 2.66. The number of anilines is 2. The first-order valence-electron chi connectivity index (χ1n) is 8.53. The maximum atomic E-state index is 12.1. The van der Waals surface area contributed by atoms with E-state index in [0.717, 1.165) is 5.56 Å². The maximum absolute atomic E-state index is 12.1. The zero-order valence-electron chi connectivity index (χ0n) is 15.3. The summed E-state index contributed by atoms with van der Waals surface area (Å²) in [7, 11) is 1.57. The predicted molar refractivity (Wildman–Crippen MR) is 106 cm³/mol. The SMILES string of the molecule is COCCNC(=O)c1ccc(NCCC(=O)Nc2cccc(Cl)c2C)nc1. The lowest BCUT2D eigenvalue weighted by molar-refractivity contribution is -0.115. The van der Waals surface area contributed by atoms with Crippen LogP contribution in [0.3, 0.4) is 0 Å². The van der Waals surface area contributed by atoms with Crippen LogP contribution >= 0.6 is 11.6 Å². The Hall–Kier alpha value is -2.64. The number of ether oxygens (including phenoxy) is 1. The van der Waals surface area contributed by atoms with Crippen molar-refractivity contribution in [2.45, 2.75) is 13.3 Å². The Morgan fingerprint density at radius 1 is 1.19 bits per heavy atom. The van der Waals surface area contributed by atoms with Crippen molar-refractivity contribution in [3.8, 4) is 0 Å². The lowest BCUT2D eigenvalue weighted by atomic mass is 10.2. The minimum atomic E-state index is -0.206. The summed E-state index contributed by atoms with van der Waals surface area (Å²) in [6, 6.07) is 8.75.